The Morgan fingerprint density at radius 3 is 2.35 bits per heavy atom. The van der Waals surface area contributed by atoms with Gasteiger partial charge in [0.15, 0.2) is 15.5 Å². The van der Waals surface area contributed by atoms with Crippen LogP contribution >= 0.6 is 37.9 Å². The first-order valence-corrected chi connectivity index (χ1v) is 14.7. The van der Waals surface area contributed by atoms with Gasteiger partial charge >= 0.3 is 6.09 Å². The van der Waals surface area contributed by atoms with E-state index in [-0.39, 0.29) is 17.3 Å². The maximum absolute atomic E-state index is 11.9. The van der Waals surface area contributed by atoms with Gasteiger partial charge in [-0.25, -0.2) is 27.9 Å². The highest BCUT2D eigenvalue weighted by atomic mass is 32.2. The molecule has 0 fully saturated rings. The molecule has 1 atom stereocenters. The molecule has 0 radical (unpaired) electrons. The molecule has 204 valence electrons. The smallest absolute Gasteiger partial charge is 0.407 e. The van der Waals surface area contributed by atoms with Crippen molar-refractivity contribution in [3.8, 4) is 11.6 Å². The quantitative estimate of drug-likeness (QED) is 0.250. The van der Waals surface area contributed by atoms with Crippen molar-refractivity contribution in [3.05, 3.63) is 24.7 Å². The number of nitrogens with one attached hydrogen (secondary N) is 1. The number of amides is 1. The number of fused-ring (bicyclic) bond motifs is 1. The van der Waals surface area contributed by atoms with Crippen LogP contribution in [0.4, 0.5) is 4.79 Å². The summed E-state index contributed by atoms with van der Waals surface area (Å²) in [6.07, 6.45) is 5.11. The number of carbonyl (C=O) groups excluding carboxylic acids is 1. The van der Waals surface area contributed by atoms with E-state index in [1.807, 2.05) is 0 Å². The second kappa shape index (κ2) is 13.0. The average molecular weight is 589 g/mol. The topological polar surface area (TPSA) is 151 Å². The number of sulfone groups is 1. The number of hydrogen-bond donors (Lipinski definition) is 5. The van der Waals surface area contributed by atoms with Crippen LogP contribution < -0.4 is 15.8 Å². The Balaban J connectivity index is 0.00000235. The van der Waals surface area contributed by atoms with Gasteiger partial charge in [-0.1, -0.05) is 0 Å². The number of thiol groups is 3. The SMILES string of the molecule is CC(C)(C)OC(=O)NCCC(CN)Oc1ncnc2c1cnn2-c1c(S)cc(S(C)(=O)=O)cc1S.CS. The van der Waals surface area contributed by atoms with Crippen molar-refractivity contribution in [2.24, 2.45) is 5.73 Å². The summed E-state index contributed by atoms with van der Waals surface area (Å²) in [5.74, 6) is 0.267. The highest BCUT2D eigenvalue weighted by molar-refractivity contribution is 7.90. The van der Waals surface area contributed by atoms with Crippen LogP contribution in [0.25, 0.3) is 16.7 Å². The summed E-state index contributed by atoms with van der Waals surface area (Å²) in [5, 5.41) is 7.56. The molecule has 3 rings (SSSR count). The molecule has 2 heterocycles. The Morgan fingerprint density at radius 1 is 1.19 bits per heavy atom. The van der Waals surface area contributed by atoms with Gasteiger partial charge in [-0.2, -0.15) is 17.7 Å². The first kappa shape index (κ1) is 31.0. The molecule has 37 heavy (non-hydrogen) atoms. The van der Waals surface area contributed by atoms with Crippen molar-refractivity contribution in [2.75, 3.05) is 25.6 Å². The normalized spacial score (nSPS) is 12.5. The fraction of sp³-hybridized carbons (Fsp3) is 0.455. The van der Waals surface area contributed by atoms with E-state index in [1.54, 1.807) is 27.0 Å². The van der Waals surface area contributed by atoms with Gasteiger partial charge in [0.25, 0.3) is 0 Å². The maximum atomic E-state index is 11.9. The first-order chi connectivity index (χ1) is 17.3. The Morgan fingerprint density at radius 2 is 1.81 bits per heavy atom. The molecule has 0 aliphatic rings. The van der Waals surface area contributed by atoms with Crippen LogP contribution in [-0.2, 0) is 14.6 Å². The van der Waals surface area contributed by atoms with E-state index in [1.165, 1.54) is 29.3 Å². The van der Waals surface area contributed by atoms with E-state index in [9.17, 15) is 13.2 Å². The van der Waals surface area contributed by atoms with Crippen LogP contribution in [0.1, 0.15) is 27.2 Å². The Bertz CT molecular complexity index is 1320. The van der Waals surface area contributed by atoms with Gasteiger partial charge < -0.3 is 20.5 Å². The third-order valence-electron chi connectivity index (χ3n) is 4.69. The number of nitrogens with zero attached hydrogens (tertiary/aromatic N) is 4. The first-order valence-electron chi connectivity index (χ1n) is 11.0. The van der Waals surface area contributed by atoms with Gasteiger partial charge in [-0.15, -0.1) is 25.3 Å². The molecular formula is C22H32N6O5S4. The van der Waals surface area contributed by atoms with Crippen LogP contribution in [0.15, 0.2) is 39.3 Å². The molecule has 0 spiro atoms. The number of ether oxygens (including phenoxy) is 2. The zero-order valence-electron chi connectivity index (χ0n) is 21.2. The summed E-state index contributed by atoms with van der Waals surface area (Å²) in [5.41, 5.74) is 6.15. The second-order valence-corrected chi connectivity index (χ2v) is 11.7. The van der Waals surface area contributed by atoms with Gasteiger partial charge in [0.05, 0.1) is 16.8 Å². The molecule has 0 bridgehead atoms. The van der Waals surface area contributed by atoms with E-state index < -0.39 is 27.6 Å². The molecule has 11 nitrogen and oxygen atoms in total. The summed E-state index contributed by atoms with van der Waals surface area (Å²) in [7, 11) is -3.44. The number of benzene rings is 1. The van der Waals surface area contributed by atoms with Crippen LogP contribution in [-0.4, -0.2) is 71.6 Å². The van der Waals surface area contributed by atoms with E-state index in [0.29, 0.717) is 39.5 Å². The minimum atomic E-state index is -3.44. The Hall–Kier alpha value is -2.20. The molecule has 1 amide bonds. The summed E-state index contributed by atoms with van der Waals surface area (Å²) in [6, 6.07) is 2.86. The van der Waals surface area contributed by atoms with Crippen molar-refractivity contribution in [1.82, 2.24) is 25.1 Å². The summed E-state index contributed by atoms with van der Waals surface area (Å²) >= 11 is 12.4. The summed E-state index contributed by atoms with van der Waals surface area (Å²) in [6.45, 7) is 5.83. The van der Waals surface area contributed by atoms with Gasteiger partial charge in [0, 0.05) is 35.6 Å². The minimum Gasteiger partial charge on any atom is -0.472 e. The van der Waals surface area contributed by atoms with Gasteiger partial charge in [-0.05, 0) is 39.2 Å². The molecule has 1 unspecified atom stereocenters. The third-order valence-corrected chi connectivity index (χ3v) is 6.46. The Labute approximate surface area is 233 Å². The van der Waals surface area contributed by atoms with Crippen molar-refractivity contribution < 1.29 is 22.7 Å². The minimum absolute atomic E-state index is 0.0946. The van der Waals surface area contributed by atoms with E-state index in [4.69, 9.17) is 15.2 Å². The number of nitrogens with two attached hydrogens (primary N) is 1. The molecular weight excluding hydrogens is 557 g/mol. The largest absolute Gasteiger partial charge is 0.472 e. The number of aromatic nitrogens is 4. The third kappa shape index (κ3) is 8.40. The summed E-state index contributed by atoms with van der Waals surface area (Å²) < 4.78 is 36.6. The number of hydrogen-bond acceptors (Lipinski definition) is 12. The number of alkyl carbamates (subject to hydrolysis) is 1. The highest BCUT2D eigenvalue weighted by Crippen LogP contribution is 2.32. The molecule has 0 saturated heterocycles. The molecule has 0 aliphatic heterocycles. The van der Waals surface area contributed by atoms with E-state index in [0.717, 1.165) is 6.26 Å². The predicted molar refractivity (Wildman–Crippen MR) is 152 cm³/mol. The number of rotatable bonds is 8. The lowest BCUT2D eigenvalue weighted by Gasteiger charge is -2.21. The van der Waals surface area contributed by atoms with Crippen molar-refractivity contribution in [2.45, 2.75) is 53.6 Å². The number of carbonyl (C=O) groups is 1. The zero-order chi connectivity index (χ0) is 28.0. The molecule has 15 heteroatoms. The lowest BCUT2D eigenvalue weighted by Crippen LogP contribution is -2.36. The molecule has 3 aromatic rings. The lowest BCUT2D eigenvalue weighted by atomic mass is 10.2. The van der Waals surface area contributed by atoms with Crippen LogP contribution in [0.2, 0.25) is 0 Å². The van der Waals surface area contributed by atoms with Gasteiger partial charge in [-0.3, -0.25) is 0 Å². The molecule has 1 aromatic carbocycles. The molecule has 3 N–H and O–H groups in total. The van der Waals surface area contributed by atoms with Crippen LogP contribution in [0.3, 0.4) is 0 Å². The standard InChI is InChI=1S/C21H28N6O5S3.CH4S/c1-21(2,3)32-20(28)23-6-5-12(9-22)31-19-14-10-26-27(18(14)24-11-25-19)17-15(33)7-13(8-16(17)34)35(4,29)30;1-2/h7-8,10-12,33-34H,5-6,9,22H2,1-4H3,(H,23,28);2H,1H3. The van der Waals surface area contributed by atoms with Gasteiger partial charge in [0.2, 0.25) is 5.88 Å². The maximum Gasteiger partial charge on any atom is 0.407 e. The van der Waals surface area contributed by atoms with Crippen LogP contribution in [0, 0.1) is 0 Å². The van der Waals surface area contributed by atoms with E-state index >= 15 is 0 Å². The zero-order valence-corrected chi connectivity index (χ0v) is 24.7. The van der Waals surface area contributed by atoms with Crippen molar-refractivity contribution >= 4 is 64.9 Å². The average Bonchev–Trinajstić information content (AvgIpc) is 3.22. The molecule has 0 saturated carbocycles. The Kier molecular flexibility index (Phi) is 10.9. The molecule has 0 aliphatic carbocycles. The lowest BCUT2D eigenvalue weighted by molar-refractivity contribution is 0.0521. The fourth-order valence-electron chi connectivity index (χ4n) is 3.12. The van der Waals surface area contributed by atoms with Crippen LogP contribution in [0.5, 0.6) is 5.88 Å². The second-order valence-electron chi connectivity index (χ2n) is 8.75. The van der Waals surface area contributed by atoms with Gasteiger partial charge in [0.1, 0.15) is 23.4 Å². The fourth-order valence-corrected chi connectivity index (χ4v) is 4.76. The van der Waals surface area contributed by atoms with E-state index in [2.05, 4.69) is 58.3 Å². The predicted octanol–water partition coefficient (Wildman–Crippen LogP) is 2.96. The summed E-state index contributed by atoms with van der Waals surface area (Å²) in [4.78, 5) is 21.2. The van der Waals surface area contributed by atoms with Crippen molar-refractivity contribution in [1.29, 1.82) is 0 Å². The monoisotopic (exact) mass is 588 g/mol. The van der Waals surface area contributed by atoms with Crippen molar-refractivity contribution in [3.63, 3.8) is 0 Å². The highest BCUT2D eigenvalue weighted by Gasteiger charge is 2.21. The molecule has 2 aromatic heterocycles.